The van der Waals surface area contributed by atoms with E-state index in [1.807, 2.05) is 48.5 Å². The molecule has 7 aromatic rings. The summed E-state index contributed by atoms with van der Waals surface area (Å²) < 4.78 is 4.50. The molecule has 0 aliphatic heterocycles. The minimum Gasteiger partial charge on any atom is -0.309 e. The van der Waals surface area contributed by atoms with Crippen molar-refractivity contribution in [3.8, 4) is 11.4 Å². The van der Waals surface area contributed by atoms with Gasteiger partial charge in [-0.15, -0.1) is 0 Å². The van der Waals surface area contributed by atoms with Crippen LogP contribution in [-0.4, -0.2) is 9.13 Å². The summed E-state index contributed by atoms with van der Waals surface area (Å²) in [4.78, 5) is 13.1. The van der Waals surface area contributed by atoms with E-state index in [0.717, 1.165) is 33.2 Å². The summed E-state index contributed by atoms with van der Waals surface area (Å²) in [6, 6.07) is 41.4. The van der Waals surface area contributed by atoms with Crippen molar-refractivity contribution in [3.63, 3.8) is 0 Å². The molecule has 0 aliphatic carbocycles. The first-order chi connectivity index (χ1) is 16.8. The molecule has 0 amide bonds. The molecule has 34 heavy (non-hydrogen) atoms. The van der Waals surface area contributed by atoms with Crippen molar-refractivity contribution in [1.29, 1.82) is 0 Å². The van der Waals surface area contributed by atoms with Gasteiger partial charge in [0, 0.05) is 32.9 Å². The first kappa shape index (κ1) is 18.9. The van der Waals surface area contributed by atoms with Crippen LogP contribution in [0.15, 0.2) is 126 Å². The van der Waals surface area contributed by atoms with Gasteiger partial charge in [0.1, 0.15) is 0 Å². The van der Waals surface area contributed by atoms with Crippen LogP contribution >= 0.6 is 0 Å². The smallest absolute Gasteiger partial charge is 0.197 e. The van der Waals surface area contributed by atoms with Crippen LogP contribution in [0.3, 0.4) is 0 Å². The molecule has 7 rings (SSSR count). The van der Waals surface area contributed by atoms with Gasteiger partial charge in [0.15, 0.2) is 5.43 Å². The monoisotopic (exact) mass is 436 g/mol. The maximum Gasteiger partial charge on any atom is 0.197 e. The molecule has 0 saturated heterocycles. The average molecular weight is 437 g/mol. The van der Waals surface area contributed by atoms with Crippen molar-refractivity contribution in [2.45, 2.75) is 0 Å². The number of hydrogen-bond acceptors (Lipinski definition) is 1. The van der Waals surface area contributed by atoms with Gasteiger partial charge in [-0.05, 0) is 60.7 Å². The topological polar surface area (TPSA) is 26.9 Å². The third kappa shape index (κ3) is 2.61. The Labute approximate surface area is 195 Å². The second-order valence-electron chi connectivity index (χ2n) is 8.58. The molecule has 2 aromatic heterocycles. The van der Waals surface area contributed by atoms with Gasteiger partial charge in [0.05, 0.1) is 22.1 Å². The molecule has 2 heterocycles. The minimum atomic E-state index is 0.0735. The minimum absolute atomic E-state index is 0.0735. The summed E-state index contributed by atoms with van der Waals surface area (Å²) in [5, 5.41) is 3.96. The average Bonchev–Trinajstić information content (AvgIpc) is 3.24. The Hall–Kier alpha value is -4.63. The molecule has 5 aromatic carbocycles. The molecule has 0 unspecified atom stereocenters. The summed E-state index contributed by atoms with van der Waals surface area (Å²) >= 11 is 0. The molecule has 0 radical (unpaired) electrons. The fourth-order valence-corrected chi connectivity index (χ4v) is 5.23. The van der Waals surface area contributed by atoms with Gasteiger partial charge in [0.25, 0.3) is 0 Å². The standard InChI is InChI=1S/C31H20N2O/c34-31-25-11-3-7-15-29(25)33(30-16-8-4-12-26(30)31)22-19-17-21(18-20-22)32-27-13-5-1-9-23(27)24-10-2-6-14-28(24)32/h1-20H. The maximum atomic E-state index is 13.1. The predicted molar refractivity (Wildman–Crippen MR) is 141 cm³/mol. The lowest BCUT2D eigenvalue weighted by Gasteiger charge is -2.16. The molecule has 3 heteroatoms. The first-order valence-electron chi connectivity index (χ1n) is 11.4. The van der Waals surface area contributed by atoms with E-state index < -0.39 is 0 Å². The van der Waals surface area contributed by atoms with Crippen LogP contribution in [0.4, 0.5) is 0 Å². The van der Waals surface area contributed by atoms with Crippen molar-refractivity contribution in [2.24, 2.45) is 0 Å². The lowest BCUT2D eigenvalue weighted by atomic mass is 10.1. The van der Waals surface area contributed by atoms with E-state index in [9.17, 15) is 4.79 Å². The van der Waals surface area contributed by atoms with Crippen LogP contribution < -0.4 is 5.43 Å². The van der Waals surface area contributed by atoms with Crippen LogP contribution in [-0.2, 0) is 0 Å². The molecule has 0 bridgehead atoms. The predicted octanol–water partition coefficient (Wildman–Crippen LogP) is 7.24. The summed E-state index contributed by atoms with van der Waals surface area (Å²) in [5.74, 6) is 0. The second kappa shape index (κ2) is 7.19. The van der Waals surface area contributed by atoms with Crippen molar-refractivity contribution in [2.75, 3.05) is 0 Å². The molecular weight excluding hydrogens is 416 g/mol. The zero-order valence-corrected chi connectivity index (χ0v) is 18.3. The fraction of sp³-hybridized carbons (Fsp3) is 0. The Morgan fingerprint density at radius 2 is 0.647 bits per heavy atom. The van der Waals surface area contributed by atoms with Gasteiger partial charge in [-0.3, -0.25) is 4.79 Å². The third-order valence-corrected chi connectivity index (χ3v) is 6.73. The highest BCUT2D eigenvalue weighted by Gasteiger charge is 2.14. The number of hydrogen-bond donors (Lipinski definition) is 0. The van der Waals surface area contributed by atoms with E-state index in [1.165, 1.54) is 21.8 Å². The first-order valence-corrected chi connectivity index (χ1v) is 11.4. The van der Waals surface area contributed by atoms with E-state index in [4.69, 9.17) is 0 Å². The summed E-state index contributed by atoms with van der Waals surface area (Å²) in [5.41, 5.74) is 6.41. The molecule has 160 valence electrons. The Morgan fingerprint density at radius 3 is 1.03 bits per heavy atom. The van der Waals surface area contributed by atoms with Crippen LogP contribution in [0, 0.1) is 0 Å². The molecule has 3 nitrogen and oxygen atoms in total. The normalized spacial score (nSPS) is 11.6. The Bertz CT molecular complexity index is 1810. The molecular formula is C31H20N2O. The van der Waals surface area contributed by atoms with Gasteiger partial charge >= 0.3 is 0 Å². The fourth-order valence-electron chi connectivity index (χ4n) is 5.23. The number of para-hydroxylation sites is 4. The highest BCUT2D eigenvalue weighted by molar-refractivity contribution is 6.09. The highest BCUT2D eigenvalue weighted by atomic mass is 16.1. The number of fused-ring (bicyclic) bond motifs is 5. The lowest BCUT2D eigenvalue weighted by Crippen LogP contribution is -2.10. The summed E-state index contributed by atoms with van der Waals surface area (Å²) in [7, 11) is 0. The zero-order valence-electron chi connectivity index (χ0n) is 18.3. The third-order valence-electron chi connectivity index (χ3n) is 6.73. The maximum absolute atomic E-state index is 13.1. The molecule has 0 fully saturated rings. The van der Waals surface area contributed by atoms with Gasteiger partial charge in [-0.1, -0.05) is 60.7 Å². The number of rotatable bonds is 2. The van der Waals surface area contributed by atoms with Crippen molar-refractivity contribution in [3.05, 3.63) is 132 Å². The number of pyridine rings is 1. The Kier molecular flexibility index (Phi) is 4.00. The zero-order chi connectivity index (χ0) is 22.6. The Morgan fingerprint density at radius 1 is 0.353 bits per heavy atom. The van der Waals surface area contributed by atoms with E-state index in [-0.39, 0.29) is 5.43 Å². The van der Waals surface area contributed by atoms with Gasteiger partial charge in [-0.2, -0.15) is 0 Å². The Balaban J connectivity index is 1.49. The molecule has 0 N–H and O–H groups in total. The lowest BCUT2D eigenvalue weighted by molar-refractivity contribution is 1.14. The van der Waals surface area contributed by atoms with E-state index in [1.54, 1.807) is 0 Å². The second-order valence-corrected chi connectivity index (χ2v) is 8.58. The number of benzene rings is 5. The number of aromatic nitrogens is 2. The van der Waals surface area contributed by atoms with Crippen LogP contribution in [0.1, 0.15) is 0 Å². The number of nitrogens with zero attached hydrogens (tertiary/aromatic N) is 2. The largest absolute Gasteiger partial charge is 0.309 e. The molecule has 0 spiro atoms. The van der Waals surface area contributed by atoms with Crippen LogP contribution in [0.25, 0.3) is 55.0 Å². The summed E-state index contributed by atoms with van der Waals surface area (Å²) in [6.45, 7) is 0. The van der Waals surface area contributed by atoms with Crippen LogP contribution in [0.5, 0.6) is 0 Å². The quantitative estimate of drug-likeness (QED) is 0.262. The van der Waals surface area contributed by atoms with Crippen LogP contribution in [0.2, 0.25) is 0 Å². The SMILES string of the molecule is O=c1c2ccccc2n(-c2ccc(-n3c4ccccc4c4ccccc43)cc2)c2ccccc12. The van der Waals surface area contributed by atoms with Gasteiger partial charge in [-0.25, -0.2) is 0 Å². The van der Waals surface area contributed by atoms with Gasteiger partial charge in [0.2, 0.25) is 0 Å². The van der Waals surface area contributed by atoms with E-state index >= 15 is 0 Å². The van der Waals surface area contributed by atoms with E-state index in [2.05, 4.69) is 81.9 Å². The highest BCUT2D eigenvalue weighted by Crippen LogP contribution is 2.32. The molecule has 0 saturated carbocycles. The molecule has 0 aliphatic rings. The molecule has 0 atom stereocenters. The van der Waals surface area contributed by atoms with Crippen molar-refractivity contribution in [1.82, 2.24) is 9.13 Å². The van der Waals surface area contributed by atoms with Crippen molar-refractivity contribution >= 4 is 43.6 Å². The van der Waals surface area contributed by atoms with Gasteiger partial charge < -0.3 is 9.13 Å². The van der Waals surface area contributed by atoms with Crippen molar-refractivity contribution < 1.29 is 0 Å². The van der Waals surface area contributed by atoms with E-state index in [0.29, 0.717) is 0 Å². The summed E-state index contributed by atoms with van der Waals surface area (Å²) in [6.07, 6.45) is 0.